The lowest BCUT2D eigenvalue weighted by Gasteiger charge is -2.06. The van der Waals surface area contributed by atoms with E-state index >= 15 is 0 Å². The predicted octanol–water partition coefficient (Wildman–Crippen LogP) is 1.87. The number of azo groups is 1. The molecule has 1 aromatic rings. The van der Waals surface area contributed by atoms with Crippen LogP contribution in [0.5, 0.6) is 5.75 Å². The predicted molar refractivity (Wildman–Crippen MR) is 49.1 cm³/mol. The van der Waals surface area contributed by atoms with Gasteiger partial charge in [-0.3, -0.25) is 0 Å². The van der Waals surface area contributed by atoms with Gasteiger partial charge in [-0.2, -0.15) is 5.11 Å². The zero-order chi connectivity index (χ0) is 9.97. The topological polar surface area (TPSA) is 63.1 Å². The molecule has 0 aromatic heterocycles. The fraction of sp³-hybridized carbons (Fsp3) is 0.222. The van der Waals surface area contributed by atoms with Crippen molar-refractivity contribution in [2.24, 2.45) is 10.2 Å². The lowest BCUT2D eigenvalue weighted by molar-refractivity contribution is 0.250. The summed E-state index contributed by atoms with van der Waals surface area (Å²) in [6.45, 7) is 0. The molecule has 14 heavy (non-hydrogen) atoms. The molecule has 2 rings (SSSR count). The molecule has 0 radical (unpaired) electrons. The molecule has 1 N–H and O–H groups in total. The number of methoxy groups -OCH3 is 1. The molecule has 5 nitrogen and oxygen atoms in total. The highest BCUT2D eigenvalue weighted by atomic mass is 16.5. The molecule has 0 bridgehead atoms. The number of carbonyl (C=O) groups is 1. The summed E-state index contributed by atoms with van der Waals surface area (Å²) in [4.78, 5) is 10.8. The molecule has 5 heteroatoms. The van der Waals surface area contributed by atoms with Crippen LogP contribution in [0.15, 0.2) is 34.5 Å². The molecule has 1 heterocycles. The van der Waals surface area contributed by atoms with E-state index in [1.807, 2.05) is 24.3 Å². The van der Waals surface area contributed by atoms with Crippen molar-refractivity contribution < 1.29 is 9.53 Å². The number of nitrogens with one attached hydrogen (secondary N) is 1. The van der Waals surface area contributed by atoms with E-state index in [1.54, 1.807) is 7.11 Å². The summed E-state index contributed by atoms with van der Waals surface area (Å²) in [7, 11) is 1.60. The monoisotopic (exact) mass is 191 g/mol. The van der Waals surface area contributed by atoms with Gasteiger partial charge < -0.3 is 10.1 Å². The van der Waals surface area contributed by atoms with Gasteiger partial charge in [-0.05, 0) is 17.7 Å². The van der Waals surface area contributed by atoms with Gasteiger partial charge in [0, 0.05) is 0 Å². The highest BCUT2D eigenvalue weighted by Gasteiger charge is 2.18. The summed E-state index contributed by atoms with van der Waals surface area (Å²) in [6.07, 6.45) is -0.353. The average Bonchev–Trinajstić information content (AvgIpc) is 2.65. The van der Waals surface area contributed by atoms with Crippen molar-refractivity contribution in [1.29, 1.82) is 0 Å². The molecule has 72 valence electrons. The van der Waals surface area contributed by atoms with Crippen LogP contribution in [0.4, 0.5) is 4.79 Å². The molecule has 2 amide bonds. The van der Waals surface area contributed by atoms with Crippen molar-refractivity contribution >= 4 is 6.03 Å². The van der Waals surface area contributed by atoms with Crippen LogP contribution in [0.1, 0.15) is 11.7 Å². The van der Waals surface area contributed by atoms with Crippen molar-refractivity contribution in [1.82, 2.24) is 5.32 Å². The van der Waals surface area contributed by atoms with Crippen LogP contribution >= 0.6 is 0 Å². The normalized spacial score (nSPS) is 19.5. The Balaban J connectivity index is 2.17. The maximum absolute atomic E-state index is 10.8. The molecule has 1 unspecified atom stereocenters. The maximum atomic E-state index is 10.8. The lowest BCUT2D eigenvalue weighted by Crippen LogP contribution is -2.17. The third-order valence-electron chi connectivity index (χ3n) is 1.96. The van der Waals surface area contributed by atoms with Crippen LogP contribution < -0.4 is 10.1 Å². The largest absolute Gasteiger partial charge is 0.497 e. The van der Waals surface area contributed by atoms with Gasteiger partial charge in [0.15, 0.2) is 6.17 Å². The van der Waals surface area contributed by atoms with Gasteiger partial charge in [-0.1, -0.05) is 17.2 Å². The average molecular weight is 191 g/mol. The van der Waals surface area contributed by atoms with Crippen LogP contribution in [0, 0.1) is 0 Å². The minimum absolute atomic E-state index is 0.353. The Kier molecular flexibility index (Phi) is 2.14. The van der Waals surface area contributed by atoms with E-state index < -0.39 is 6.03 Å². The maximum Gasteiger partial charge on any atom is 0.361 e. The minimum Gasteiger partial charge on any atom is -0.497 e. The summed E-state index contributed by atoms with van der Waals surface area (Å²) >= 11 is 0. The molecule has 0 spiro atoms. The quantitative estimate of drug-likeness (QED) is 0.775. The summed E-state index contributed by atoms with van der Waals surface area (Å²) in [5.74, 6) is 0.773. The molecule has 0 fully saturated rings. The Hall–Kier alpha value is -1.91. The highest BCUT2D eigenvalue weighted by Crippen LogP contribution is 2.21. The zero-order valence-corrected chi connectivity index (χ0v) is 7.60. The highest BCUT2D eigenvalue weighted by molar-refractivity contribution is 5.76. The van der Waals surface area contributed by atoms with Crippen molar-refractivity contribution in [2.45, 2.75) is 6.17 Å². The molecule has 0 saturated heterocycles. The smallest absolute Gasteiger partial charge is 0.361 e. The van der Waals surface area contributed by atoms with Gasteiger partial charge in [0.2, 0.25) is 0 Å². The van der Waals surface area contributed by atoms with Crippen molar-refractivity contribution in [2.75, 3.05) is 7.11 Å². The minimum atomic E-state index is -0.397. The van der Waals surface area contributed by atoms with E-state index in [1.165, 1.54) is 0 Å². The van der Waals surface area contributed by atoms with Gasteiger partial charge in [0.1, 0.15) is 5.75 Å². The SMILES string of the molecule is COc1ccc(C2N=NC(=O)N2)cc1. The summed E-state index contributed by atoms with van der Waals surface area (Å²) in [5, 5.41) is 9.74. The molecular formula is C9H9N3O2. The van der Waals surface area contributed by atoms with E-state index in [2.05, 4.69) is 15.5 Å². The van der Waals surface area contributed by atoms with Crippen molar-refractivity contribution in [3.8, 4) is 5.75 Å². The first-order valence-corrected chi connectivity index (χ1v) is 4.15. The zero-order valence-electron chi connectivity index (χ0n) is 7.60. The molecule has 0 saturated carbocycles. The molecule has 1 aliphatic rings. The number of hydrogen-bond acceptors (Lipinski definition) is 3. The number of urea groups is 1. The second kappa shape index (κ2) is 3.45. The molecule has 1 aromatic carbocycles. The Morgan fingerprint density at radius 2 is 2.07 bits per heavy atom. The van der Waals surface area contributed by atoms with E-state index in [-0.39, 0.29) is 6.17 Å². The summed E-state index contributed by atoms with van der Waals surface area (Å²) in [5.41, 5.74) is 0.889. The van der Waals surface area contributed by atoms with Gasteiger partial charge in [-0.25, -0.2) is 4.79 Å². The van der Waals surface area contributed by atoms with E-state index in [0.717, 1.165) is 11.3 Å². The van der Waals surface area contributed by atoms with Crippen LogP contribution in [-0.4, -0.2) is 13.1 Å². The molecule has 0 aliphatic carbocycles. The first-order valence-electron chi connectivity index (χ1n) is 4.15. The summed E-state index contributed by atoms with van der Waals surface area (Å²) < 4.78 is 5.01. The fourth-order valence-electron chi connectivity index (χ4n) is 1.22. The van der Waals surface area contributed by atoms with Gasteiger partial charge in [0.05, 0.1) is 7.11 Å². The first-order chi connectivity index (χ1) is 6.79. The number of amides is 2. The van der Waals surface area contributed by atoms with Crippen LogP contribution in [0.3, 0.4) is 0 Å². The Morgan fingerprint density at radius 3 is 2.57 bits per heavy atom. The lowest BCUT2D eigenvalue weighted by atomic mass is 10.2. The molecule has 1 atom stereocenters. The van der Waals surface area contributed by atoms with Crippen LogP contribution in [0.25, 0.3) is 0 Å². The number of benzene rings is 1. The third-order valence-corrected chi connectivity index (χ3v) is 1.96. The van der Waals surface area contributed by atoms with E-state index in [0.29, 0.717) is 0 Å². The Bertz CT molecular complexity index is 372. The van der Waals surface area contributed by atoms with Gasteiger partial charge in [0.25, 0.3) is 0 Å². The number of rotatable bonds is 2. The molecular weight excluding hydrogens is 182 g/mol. The standard InChI is InChI=1S/C9H9N3O2/c1-14-7-4-2-6(3-5-7)8-10-9(13)12-11-8/h2-5,8H,1H3,(H,10,13). The van der Waals surface area contributed by atoms with Gasteiger partial charge in [-0.15, -0.1) is 0 Å². The van der Waals surface area contributed by atoms with E-state index in [4.69, 9.17) is 4.74 Å². The third kappa shape index (κ3) is 1.56. The van der Waals surface area contributed by atoms with E-state index in [9.17, 15) is 4.79 Å². The van der Waals surface area contributed by atoms with Crippen LogP contribution in [0.2, 0.25) is 0 Å². The fourth-order valence-corrected chi connectivity index (χ4v) is 1.22. The number of hydrogen-bond donors (Lipinski definition) is 1. The van der Waals surface area contributed by atoms with Gasteiger partial charge >= 0.3 is 6.03 Å². The number of carbonyl (C=O) groups excluding carboxylic acids is 1. The Morgan fingerprint density at radius 1 is 1.36 bits per heavy atom. The number of ether oxygens (including phenoxy) is 1. The van der Waals surface area contributed by atoms with Crippen molar-refractivity contribution in [3.63, 3.8) is 0 Å². The Labute approximate surface area is 80.8 Å². The second-order valence-electron chi connectivity index (χ2n) is 2.84. The summed E-state index contributed by atoms with van der Waals surface area (Å²) in [6, 6.07) is 6.92. The van der Waals surface area contributed by atoms with Crippen molar-refractivity contribution in [3.05, 3.63) is 29.8 Å². The second-order valence-corrected chi connectivity index (χ2v) is 2.84. The number of nitrogens with zero attached hydrogens (tertiary/aromatic N) is 2. The molecule has 1 aliphatic heterocycles. The first kappa shape index (κ1) is 8.68. The van der Waals surface area contributed by atoms with Crippen LogP contribution in [-0.2, 0) is 0 Å².